The molecule has 0 N–H and O–H groups in total. The molecule has 5 heteroatoms. The monoisotopic (exact) mass is 404 g/mol. The highest BCUT2D eigenvalue weighted by Gasteiger charge is 2.41. The van der Waals surface area contributed by atoms with Crippen molar-refractivity contribution >= 4 is 11.8 Å². The number of hydrogen-bond acceptors (Lipinski definition) is 5. The van der Waals surface area contributed by atoms with E-state index in [4.69, 9.17) is 18.9 Å². The summed E-state index contributed by atoms with van der Waals surface area (Å²) in [5.41, 5.74) is 0. The molecule has 0 saturated carbocycles. The van der Waals surface area contributed by atoms with E-state index >= 15 is 0 Å². The zero-order valence-corrected chi connectivity index (χ0v) is 19.1. The van der Waals surface area contributed by atoms with Crippen LogP contribution in [0.25, 0.3) is 0 Å². The molecule has 0 spiro atoms. The lowest BCUT2D eigenvalue weighted by molar-refractivity contribution is -0.403. The van der Waals surface area contributed by atoms with Crippen molar-refractivity contribution in [2.24, 2.45) is 5.92 Å². The highest BCUT2D eigenvalue weighted by Crippen LogP contribution is 2.34. The van der Waals surface area contributed by atoms with Crippen LogP contribution in [-0.4, -0.2) is 50.0 Å². The maximum absolute atomic E-state index is 6.10. The van der Waals surface area contributed by atoms with Gasteiger partial charge in [-0.2, -0.15) is 11.8 Å². The van der Waals surface area contributed by atoms with Crippen molar-refractivity contribution in [1.82, 2.24) is 0 Å². The number of thioether (sulfide) groups is 1. The SMILES string of the molecule is CCCCCCCCC(CCCSCC1CO1)C(OCC)(OCC)OCC. The average molecular weight is 405 g/mol. The van der Waals surface area contributed by atoms with E-state index in [1.807, 2.05) is 32.5 Å². The first kappa shape index (κ1) is 25.2. The fourth-order valence-electron chi connectivity index (χ4n) is 3.56. The van der Waals surface area contributed by atoms with Crippen molar-refractivity contribution < 1.29 is 18.9 Å². The van der Waals surface area contributed by atoms with E-state index in [1.54, 1.807) is 0 Å². The van der Waals surface area contributed by atoms with Crippen molar-refractivity contribution in [3.8, 4) is 0 Å². The Morgan fingerprint density at radius 1 is 0.852 bits per heavy atom. The summed E-state index contributed by atoms with van der Waals surface area (Å²) in [4.78, 5) is 0. The summed E-state index contributed by atoms with van der Waals surface area (Å²) in [6.07, 6.45) is 11.8. The Morgan fingerprint density at radius 2 is 1.41 bits per heavy atom. The summed E-state index contributed by atoms with van der Waals surface area (Å²) in [7, 11) is 0. The predicted octanol–water partition coefficient (Wildman–Crippen LogP) is 6.03. The van der Waals surface area contributed by atoms with Crippen LogP contribution in [0.3, 0.4) is 0 Å². The second-order valence-electron chi connectivity index (χ2n) is 7.33. The Balaban J connectivity index is 2.53. The Kier molecular flexibility index (Phi) is 15.0. The molecule has 0 aromatic heterocycles. The minimum atomic E-state index is -0.869. The van der Waals surface area contributed by atoms with Gasteiger partial charge < -0.3 is 18.9 Å². The van der Waals surface area contributed by atoms with Crippen LogP contribution in [0.4, 0.5) is 0 Å². The molecule has 4 nitrogen and oxygen atoms in total. The number of hydrogen-bond donors (Lipinski definition) is 0. The first-order chi connectivity index (χ1) is 13.2. The minimum Gasteiger partial charge on any atom is -0.372 e. The van der Waals surface area contributed by atoms with Gasteiger partial charge in [0.15, 0.2) is 0 Å². The second kappa shape index (κ2) is 16.0. The third kappa shape index (κ3) is 11.1. The Labute approximate surface area is 172 Å². The van der Waals surface area contributed by atoms with Crippen molar-refractivity contribution in [3.05, 3.63) is 0 Å². The third-order valence-corrected chi connectivity index (χ3v) is 6.17. The van der Waals surface area contributed by atoms with Gasteiger partial charge in [0, 0.05) is 31.5 Å². The van der Waals surface area contributed by atoms with E-state index in [-0.39, 0.29) is 0 Å². The smallest absolute Gasteiger partial charge is 0.285 e. The molecule has 1 saturated heterocycles. The van der Waals surface area contributed by atoms with Gasteiger partial charge in [0.1, 0.15) is 0 Å². The summed E-state index contributed by atoms with van der Waals surface area (Å²) in [5, 5.41) is 0. The minimum absolute atomic E-state index is 0.293. The number of rotatable bonds is 20. The summed E-state index contributed by atoms with van der Waals surface area (Å²) in [6.45, 7) is 11.1. The molecule has 1 aliphatic rings. The zero-order chi connectivity index (χ0) is 19.8. The van der Waals surface area contributed by atoms with Crippen LogP contribution in [0.2, 0.25) is 0 Å². The molecule has 1 fully saturated rings. The lowest BCUT2D eigenvalue weighted by atomic mass is 9.93. The second-order valence-corrected chi connectivity index (χ2v) is 8.48. The van der Waals surface area contributed by atoms with Crippen LogP contribution in [0.1, 0.15) is 85.5 Å². The number of ether oxygens (including phenoxy) is 4. The topological polar surface area (TPSA) is 40.2 Å². The Morgan fingerprint density at radius 3 is 1.96 bits per heavy atom. The third-order valence-electron chi connectivity index (χ3n) is 4.99. The largest absolute Gasteiger partial charge is 0.372 e. The van der Waals surface area contributed by atoms with Crippen LogP contribution < -0.4 is 0 Å². The first-order valence-electron chi connectivity index (χ1n) is 11.3. The van der Waals surface area contributed by atoms with Gasteiger partial charge in [-0.15, -0.1) is 0 Å². The highest BCUT2D eigenvalue weighted by molar-refractivity contribution is 7.99. The molecule has 162 valence electrons. The maximum Gasteiger partial charge on any atom is 0.285 e. The van der Waals surface area contributed by atoms with E-state index < -0.39 is 5.97 Å². The quantitative estimate of drug-likeness (QED) is 0.141. The number of epoxide rings is 1. The fourth-order valence-corrected chi connectivity index (χ4v) is 4.55. The molecule has 1 heterocycles. The number of unbranched alkanes of at least 4 members (excludes halogenated alkanes) is 5. The molecule has 2 unspecified atom stereocenters. The molecule has 0 radical (unpaired) electrons. The first-order valence-corrected chi connectivity index (χ1v) is 12.5. The Hall–Kier alpha value is 0.190. The highest BCUT2D eigenvalue weighted by atomic mass is 32.2. The Bertz CT molecular complexity index is 319. The van der Waals surface area contributed by atoms with E-state index in [0.29, 0.717) is 31.8 Å². The molecule has 0 amide bonds. The standard InChI is InChI=1S/C22H44O4S/c1-5-9-10-11-12-13-15-20(16-14-17-27-19-21-18-23-21)22(24-6-2,25-7-3)26-8-4/h20-21H,5-19H2,1-4H3. The molecule has 1 rings (SSSR count). The van der Waals surface area contributed by atoms with Crippen LogP contribution >= 0.6 is 11.8 Å². The van der Waals surface area contributed by atoms with E-state index in [2.05, 4.69) is 6.92 Å². The summed E-state index contributed by atoms with van der Waals surface area (Å²) < 4.78 is 23.6. The van der Waals surface area contributed by atoms with Crippen molar-refractivity contribution in [2.45, 2.75) is 97.6 Å². The van der Waals surface area contributed by atoms with E-state index in [1.165, 1.54) is 50.7 Å². The molecule has 0 aromatic carbocycles. The van der Waals surface area contributed by atoms with Gasteiger partial charge >= 0.3 is 0 Å². The van der Waals surface area contributed by atoms with Gasteiger partial charge in [-0.05, 0) is 45.8 Å². The van der Waals surface area contributed by atoms with Gasteiger partial charge in [0.2, 0.25) is 0 Å². The molecule has 0 bridgehead atoms. The predicted molar refractivity (Wildman–Crippen MR) is 115 cm³/mol. The fraction of sp³-hybridized carbons (Fsp3) is 1.00. The van der Waals surface area contributed by atoms with Crippen molar-refractivity contribution in [1.29, 1.82) is 0 Å². The van der Waals surface area contributed by atoms with Crippen LogP contribution in [0.15, 0.2) is 0 Å². The van der Waals surface area contributed by atoms with Crippen LogP contribution in [0, 0.1) is 5.92 Å². The molecule has 0 aromatic rings. The lowest BCUT2D eigenvalue weighted by Crippen LogP contribution is -2.46. The van der Waals surface area contributed by atoms with Gasteiger partial charge in [-0.3, -0.25) is 0 Å². The summed E-state index contributed by atoms with van der Waals surface area (Å²) >= 11 is 2.01. The van der Waals surface area contributed by atoms with Crippen molar-refractivity contribution in [3.63, 3.8) is 0 Å². The van der Waals surface area contributed by atoms with Crippen LogP contribution in [0.5, 0.6) is 0 Å². The van der Waals surface area contributed by atoms with Gasteiger partial charge in [0.25, 0.3) is 5.97 Å². The molecule has 1 aliphatic heterocycles. The molecular weight excluding hydrogens is 360 g/mol. The van der Waals surface area contributed by atoms with Crippen molar-refractivity contribution in [2.75, 3.05) is 37.9 Å². The molecule has 2 atom stereocenters. The van der Waals surface area contributed by atoms with Gasteiger partial charge in [0.05, 0.1) is 12.7 Å². The van der Waals surface area contributed by atoms with Crippen LogP contribution in [-0.2, 0) is 18.9 Å². The molecule has 27 heavy (non-hydrogen) atoms. The maximum atomic E-state index is 6.10. The zero-order valence-electron chi connectivity index (χ0n) is 18.3. The average Bonchev–Trinajstić information content (AvgIpc) is 3.47. The van der Waals surface area contributed by atoms with E-state index in [9.17, 15) is 0 Å². The summed E-state index contributed by atoms with van der Waals surface area (Å²) in [6, 6.07) is 0. The summed E-state index contributed by atoms with van der Waals surface area (Å²) in [5.74, 6) is 1.73. The normalized spacial score (nSPS) is 18.0. The lowest BCUT2D eigenvalue weighted by Gasteiger charge is -2.39. The van der Waals surface area contributed by atoms with Gasteiger partial charge in [-0.25, -0.2) is 0 Å². The molecule has 0 aliphatic carbocycles. The van der Waals surface area contributed by atoms with E-state index in [0.717, 1.165) is 25.2 Å². The van der Waals surface area contributed by atoms with Gasteiger partial charge in [-0.1, -0.05) is 45.4 Å². The molecular formula is C22H44O4S.